The van der Waals surface area contributed by atoms with E-state index in [9.17, 15) is 4.79 Å². The Balaban J connectivity index is 1.77. The highest BCUT2D eigenvalue weighted by molar-refractivity contribution is 5.93. The number of amides is 1. The summed E-state index contributed by atoms with van der Waals surface area (Å²) < 4.78 is 10.8. The molecular weight excluding hydrogens is 292 g/mol. The van der Waals surface area contributed by atoms with Crippen molar-refractivity contribution >= 4 is 17.3 Å². The largest absolute Gasteiger partial charge is 0.491 e. The fourth-order valence-electron chi connectivity index (χ4n) is 1.97. The van der Waals surface area contributed by atoms with Gasteiger partial charge in [0.05, 0.1) is 13.2 Å². The van der Waals surface area contributed by atoms with Gasteiger partial charge in [-0.2, -0.15) is 0 Å². The third-order valence-electron chi connectivity index (χ3n) is 3.05. The lowest BCUT2D eigenvalue weighted by atomic mass is 10.3. The summed E-state index contributed by atoms with van der Waals surface area (Å²) in [5.41, 5.74) is 1.62. The molecule has 1 amide bonds. The zero-order valence-electron chi connectivity index (χ0n) is 13.2. The second-order valence-corrected chi connectivity index (χ2v) is 4.84. The molecule has 0 saturated carbocycles. The minimum Gasteiger partial charge on any atom is -0.491 e. The van der Waals surface area contributed by atoms with E-state index in [-0.39, 0.29) is 12.5 Å². The van der Waals surface area contributed by atoms with E-state index in [0.29, 0.717) is 19.8 Å². The van der Waals surface area contributed by atoms with Gasteiger partial charge in [-0.3, -0.25) is 4.79 Å². The minimum absolute atomic E-state index is 0.0983. The highest BCUT2D eigenvalue weighted by Crippen LogP contribution is 2.17. The molecule has 0 aliphatic carbocycles. The average Bonchev–Trinajstić information content (AvgIpc) is 2.58. The molecule has 0 bridgehead atoms. The predicted molar refractivity (Wildman–Crippen MR) is 92.0 cm³/mol. The highest BCUT2D eigenvalue weighted by Gasteiger charge is 2.03. The molecule has 2 rings (SSSR count). The Morgan fingerprint density at radius 2 is 1.78 bits per heavy atom. The number of anilines is 2. The first-order valence-corrected chi connectivity index (χ1v) is 7.67. The van der Waals surface area contributed by atoms with E-state index in [0.717, 1.165) is 17.1 Å². The van der Waals surface area contributed by atoms with Crippen LogP contribution in [0.3, 0.4) is 0 Å². The van der Waals surface area contributed by atoms with Crippen molar-refractivity contribution in [2.45, 2.75) is 6.92 Å². The molecule has 23 heavy (non-hydrogen) atoms. The lowest BCUT2D eigenvalue weighted by Crippen LogP contribution is -2.21. The van der Waals surface area contributed by atoms with Crippen molar-refractivity contribution < 1.29 is 14.3 Å². The Kier molecular flexibility index (Phi) is 6.94. The number of carbonyl (C=O) groups is 1. The van der Waals surface area contributed by atoms with E-state index < -0.39 is 0 Å². The summed E-state index contributed by atoms with van der Waals surface area (Å²) in [5, 5.41) is 5.91. The van der Waals surface area contributed by atoms with Crippen molar-refractivity contribution in [2.75, 3.05) is 37.0 Å². The predicted octanol–water partition coefficient (Wildman–Crippen LogP) is 3.15. The topological polar surface area (TPSA) is 59.6 Å². The molecule has 0 aliphatic heterocycles. The smallest absolute Gasteiger partial charge is 0.243 e. The van der Waals surface area contributed by atoms with Crippen LogP contribution < -0.4 is 15.4 Å². The first-order chi connectivity index (χ1) is 11.3. The molecule has 0 fully saturated rings. The van der Waals surface area contributed by atoms with Crippen LogP contribution in [0.4, 0.5) is 11.4 Å². The Bertz CT molecular complexity index is 602. The van der Waals surface area contributed by atoms with E-state index in [1.807, 2.05) is 61.5 Å². The van der Waals surface area contributed by atoms with Crippen molar-refractivity contribution in [2.24, 2.45) is 0 Å². The van der Waals surface area contributed by atoms with Crippen LogP contribution in [0.25, 0.3) is 0 Å². The van der Waals surface area contributed by atoms with Crippen LogP contribution in [0.1, 0.15) is 6.92 Å². The van der Waals surface area contributed by atoms with Crippen molar-refractivity contribution in [1.29, 1.82) is 0 Å². The molecule has 2 aromatic carbocycles. The van der Waals surface area contributed by atoms with Gasteiger partial charge in [-0.15, -0.1) is 0 Å². The van der Waals surface area contributed by atoms with E-state index in [1.165, 1.54) is 0 Å². The lowest BCUT2D eigenvalue weighted by molar-refractivity contribution is -0.114. The normalized spacial score (nSPS) is 10.1. The molecule has 0 spiro atoms. The Morgan fingerprint density at radius 3 is 2.57 bits per heavy atom. The van der Waals surface area contributed by atoms with Crippen molar-refractivity contribution in [1.82, 2.24) is 0 Å². The molecule has 122 valence electrons. The van der Waals surface area contributed by atoms with Crippen LogP contribution in [-0.2, 0) is 9.53 Å². The monoisotopic (exact) mass is 314 g/mol. The van der Waals surface area contributed by atoms with E-state index in [4.69, 9.17) is 9.47 Å². The van der Waals surface area contributed by atoms with Crippen LogP contribution in [0.15, 0.2) is 54.6 Å². The van der Waals surface area contributed by atoms with Gasteiger partial charge in [-0.05, 0) is 31.2 Å². The minimum atomic E-state index is -0.0983. The van der Waals surface area contributed by atoms with Crippen molar-refractivity contribution in [3.8, 4) is 5.75 Å². The van der Waals surface area contributed by atoms with Gasteiger partial charge in [-0.1, -0.05) is 24.3 Å². The molecule has 0 heterocycles. The zero-order chi connectivity index (χ0) is 16.3. The van der Waals surface area contributed by atoms with Crippen LogP contribution in [0, 0.1) is 0 Å². The first kappa shape index (κ1) is 16.8. The van der Waals surface area contributed by atoms with E-state index >= 15 is 0 Å². The Labute approximate surface area is 136 Å². The highest BCUT2D eigenvalue weighted by atomic mass is 16.5. The molecule has 2 aromatic rings. The van der Waals surface area contributed by atoms with E-state index in [1.54, 1.807) is 0 Å². The maximum atomic E-state index is 11.9. The fraction of sp³-hybridized carbons (Fsp3) is 0.278. The molecular formula is C18H22N2O3. The third kappa shape index (κ3) is 6.40. The number of benzene rings is 2. The maximum Gasteiger partial charge on any atom is 0.243 e. The molecule has 2 N–H and O–H groups in total. The Morgan fingerprint density at radius 1 is 1.00 bits per heavy atom. The van der Waals surface area contributed by atoms with Crippen molar-refractivity contribution in [3.05, 3.63) is 54.6 Å². The van der Waals surface area contributed by atoms with E-state index in [2.05, 4.69) is 10.6 Å². The first-order valence-electron chi connectivity index (χ1n) is 7.67. The van der Waals surface area contributed by atoms with Gasteiger partial charge in [0.1, 0.15) is 12.4 Å². The third-order valence-corrected chi connectivity index (χ3v) is 3.05. The number of hydrogen-bond acceptors (Lipinski definition) is 4. The second-order valence-electron chi connectivity index (χ2n) is 4.84. The quantitative estimate of drug-likeness (QED) is 0.698. The SMILES string of the molecule is CCOCCOc1cccc(NCC(=O)Nc2ccccc2)c1. The van der Waals surface area contributed by atoms with Crippen LogP contribution in [0.2, 0.25) is 0 Å². The molecule has 5 heteroatoms. The van der Waals surface area contributed by atoms with Gasteiger partial charge in [0, 0.05) is 24.0 Å². The number of para-hydroxylation sites is 1. The number of hydrogen-bond donors (Lipinski definition) is 2. The summed E-state index contributed by atoms with van der Waals surface area (Å²) in [4.78, 5) is 11.9. The molecule has 0 aliphatic rings. The van der Waals surface area contributed by atoms with Crippen LogP contribution in [-0.4, -0.2) is 32.3 Å². The summed E-state index contributed by atoms with van der Waals surface area (Å²) in [6, 6.07) is 16.9. The van der Waals surface area contributed by atoms with Gasteiger partial charge < -0.3 is 20.1 Å². The zero-order valence-corrected chi connectivity index (χ0v) is 13.2. The average molecular weight is 314 g/mol. The summed E-state index contributed by atoms with van der Waals surface area (Å²) >= 11 is 0. The number of rotatable bonds is 9. The number of ether oxygens (including phenoxy) is 2. The molecule has 0 aromatic heterocycles. The molecule has 0 atom stereocenters. The molecule has 5 nitrogen and oxygen atoms in total. The summed E-state index contributed by atoms with van der Waals surface area (Å²) in [7, 11) is 0. The standard InChI is InChI=1S/C18H22N2O3/c1-2-22-11-12-23-17-10-6-9-16(13-17)19-14-18(21)20-15-7-4-3-5-8-15/h3-10,13,19H,2,11-12,14H2,1H3,(H,20,21). The van der Waals surface area contributed by atoms with Gasteiger partial charge in [-0.25, -0.2) is 0 Å². The van der Waals surface area contributed by atoms with Gasteiger partial charge in [0.25, 0.3) is 0 Å². The molecule has 0 radical (unpaired) electrons. The van der Waals surface area contributed by atoms with Gasteiger partial charge in [0.15, 0.2) is 0 Å². The number of carbonyl (C=O) groups excluding carboxylic acids is 1. The Hall–Kier alpha value is -2.53. The molecule has 0 unspecified atom stereocenters. The van der Waals surface area contributed by atoms with Gasteiger partial charge in [0.2, 0.25) is 5.91 Å². The summed E-state index contributed by atoms with van der Waals surface area (Å²) in [6.07, 6.45) is 0. The van der Waals surface area contributed by atoms with Crippen LogP contribution in [0.5, 0.6) is 5.75 Å². The summed E-state index contributed by atoms with van der Waals surface area (Å²) in [5.74, 6) is 0.650. The van der Waals surface area contributed by atoms with Crippen molar-refractivity contribution in [3.63, 3.8) is 0 Å². The lowest BCUT2D eigenvalue weighted by Gasteiger charge is -2.10. The summed E-state index contributed by atoms with van der Waals surface area (Å²) in [6.45, 7) is 3.89. The maximum absolute atomic E-state index is 11.9. The van der Waals surface area contributed by atoms with Gasteiger partial charge >= 0.3 is 0 Å². The number of nitrogens with one attached hydrogen (secondary N) is 2. The molecule has 0 saturated heterocycles. The fourth-order valence-corrected chi connectivity index (χ4v) is 1.97. The second kappa shape index (κ2) is 9.48. The van der Waals surface area contributed by atoms with Crippen LogP contribution >= 0.6 is 0 Å².